The van der Waals surface area contributed by atoms with Crippen molar-refractivity contribution in [1.82, 2.24) is 9.21 Å². The maximum atomic E-state index is 13.5. The lowest BCUT2D eigenvalue weighted by atomic mass is 10.2. The Morgan fingerprint density at radius 3 is 2.05 bits per heavy atom. The molecule has 0 spiro atoms. The lowest BCUT2D eigenvalue weighted by molar-refractivity contribution is -0.130. The number of rotatable bonds is 7. The molecule has 1 saturated heterocycles. The number of carbonyl (C=O) groups is 1. The number of carbonyl (C=O) groups excluding carboxylic acids is 1. The normalized spacial score (nSPS) is 14.9. The summed E-state index contributed by atoms with van der Waals surface area (Å²) in [5, 5.41) is 0.153. The van der Waals surface area contributed by atoms with E-state index in [1.165, 1.54) is 33.5 Å². The first kappa shape index (κ1) is 27.4. The van der Waals surface area contributed by atoms with E-state index in [1.807, 2.05) is 6.92 Å². The second kappa shape index (κ2) is 11.0. The van der Waals surface area contributed by atoms with Crippen molar-refractivity contribution in [3.8, 4) is 0 Å². The van der Waals surface area contributed by atoms with Crippen LogP contribution in [0.15, 0.2) is 82.6 Å². The molecule has 3 aromatic rings. The third-order valence-electron chi connectivity index (χ3n) is 6.06. The molecule has 1 aliphatic rings. The van der Waals surface area contributed by atoms with Gasteiger partial charge in [0.25, 0.3) is 10.0 Å². The number of amides is 1. The summed E-state index contributed by atoms with van der Waals surface area (Å²) >= 11 is 12.5. The fourth-order valence-electron chi connectivity index (χ4n) is 3.96. The Labute approximate surface area is 227 Å². The van der Waals surface area contributed by atoms with Gasteiger partial charge in [0.15, 0.2) is 0 Å². The number of benzene rings is 3. The molecule has 0 N–H and O–H groups in total. The molecule has 0 saturated carbocycles. The highest BCUT2D eigenvalue weighted by molar-refractivity contribution is 7.93. The van der Waals surface area contributed by atoms with Gasteiger partial charge in [-0.3, -0.25) is 9.10 Å². The third-order valence-corrected chi connectivity index (χ3v) is 10.6. The van der Waals surface area contributed by atoms with Gasteiger partial charge in [0.05, 0.1) is 25.5 Å². The number of piperazine rings is 1. The minimum Gasteiger partial charge on any atom is -0.338 e. The minimum absolute atomic E-state index is 0.00508. The molecule has 8 nitrogen and oxygen atoms in total. The van der Waals surface area contributed by atoms with Crippen molar-refractivity contribution < 1.29 is 21.6 Å². The number of nitrogens with zero attached hydrogens (tertiary/aromatic N) is 3. The number of hydrogen-bond acceptors (Lipinski definition) is 5. The Hall–Kier alpha value is -2.63. The van der Waals surface area contributed by atoms with Gasteiger partial charge in [0.2, 0.25) is 15.9 Å². The number of halogens is 2. The molecule has 1 aliphatic heterocycles. The van der Waals surface area contributed by atoms with Crippen LogP contribution in [-0.4, -0.2) is 64.7 Å². The van der Waals surface area contributed by atoms with Crippen LogP contribution < -0.4 is 4.31 Å². The van der Waals surface area contributed by atoms with Crippen LogP contribution >= 0.6 is 23.2 Å². The average Bonchev–Trinajstić information content (AvgIpc) is 2.90. The predicted octanol–water partition coefficient (Wildman–Crippen LogP) is 4.03. The first-order chi connectivity index (χ1) is 17.5. The summed E-state index contributed by atoms with van der Waals surface area (Å²) in [6.07, 6.45) is 0. The highest BCUT2D eigenvalue weighted by Gasteiger charge is 2.34. The van der Waals surface area contributed by atoms with Crippen LogP contribution in [0.2, 0.25) is 10.0 Å². The van der Waals surface area contributed by atoms with Gasteiger partial charge in [-0.1, -0.05) is 65.2 Å². The summed E-state index contributed by atoms with van der Waals surface area (Å²) in [6.45, 7) is 1.76. The fourth-order valence-corrected chi connectivity index (χ4v) is 7.28. The zero-order valence-corrected chi connectivity index (χ0v) is 23.1. The standard InChI is InChI=1S/C25H25Cl2N3O5S2/c1-19-10-12-21(13-11-19)36(32,33)29-16-14-28(15-17-29)24(31)18-30(23-9-5-8-22(26)25(23)27)37(34,35)20-6-3-2-4-7-20/h2-13H,14-18H2,1H3. The van der Waals surface area contributed by atoms with E-state index in [0.29, 0.717) is 0 Å². The molecule has 196 valence electrons. The molecule has 37 heavy (non-hydrogen) atoms. The van der Waals surface area contributed by atoms with Gasteiger partial charge < -0.3 is 4.90 Å². The largest absolute Gasteiger partial charge is 0.338 e. The second-order valence-electron chi connectivity index (χ2n) is 8.50. The number of anilines is 1. The van der Waals surface area contributed by atoms with Crippen molar-refractivity contribution in [3.05, 3.63) is 88.4 Å². The summed E-state index contributed by atoms with van der Waals surface area (Å²) in [4.78, 5) is 14.9. The summed E-state index contributed by atoms with van der Waals surface area (Å²) in [7, 11) is -7.87. The van der Waals surface area contributed by atoms with Crippen LogP contribution in [0, 0.1) is 6.92 Å². The van der Waals surface area contributed by atoms with E-state index in [-0.39, 0.29) is 51.7 Å². The Kier molecular flexibility index (Phi) is 8.15. The quantitative estimate of drug-likeness (QED) is 0.420. The molecular weight excluding hydrogens is 557 g/mol. The van der Waals surface area contributed by atoms with Crippen LogP contribution in [-0.2, 0) is 24.8 Å². The SMILES string of the molecule is Cc1ccc(S(=O)(=O)N2CCN(C(=O)CN(c3cccc(Cl)c3Cl)S(=O)(=O)c3ccccc3)CC2)cc1. The van der Waals surface area contributed by atoms with Crippen LogP contribution in [0.4, 0.5) is 5.69 Å². The monoisotopic (exact) mass is 581 g/mol. The lowest BCUT2D eigenvalue weighted by Crippen LogP contribution is -2.53. The van der Waals surface area contributed by atoms with Gasteiger partial charge in [-0.05, 0) is 43.3 Å². The van der Waals surface area contributed by atoms with Crippen LogP contribution in [0.5, 0.6) is 0 Å². The molecule has 1 amide bonds. The Balaban J connectivity index is 1.55. The Morgan fingerprint density at radius 2 is 1.43 bits per heavy atom. The van der Waals surface area contributed by atoms with Crippen molar-refractivity contribution in [2.24, 2.45) is 0 Å². The van der Waals surface area contributed by atoms with Crippen molar-refractivity contribution >= 4 is 54.8 Å². The zero-order valence-electron chi connectivity index (χ0n) is 19.9. The molecule has 0 aromatic heterocycles. The van der Waals surface area contributed by atoms with Gasteiger partial charge in [-0.15, -0.1) is 0 Å². The predicted molar refractivity (Wildman–Crippen MR) is 144 cm³/mol. The lowest BCUT2D eigenvalue weighted by Gasteiger charge is -2.35. The van der Waals surface area contributed by atoms with E-state index in [9.17, 15) is 21.6 Å². The van der Waals surface area contributed by atoms with E-state index >= 15 is 0 Å². The fraction of sp³-hybridized carbons (Fsp3) is 0.240. The first-order valence-electron chi connectivity index (χ1n) is 11.4. The number of hydrogen-bond donors (Lipinski definition) is 0. The van der Waals surface area contributed by atoms with Crippen LogP contribution in [0.3, 0.4) is 0 Å². The zero-order chi connectivity index (χ0) is 26.8. The van der Waals surface area contributed by atoms with Gasteiger partial charge >= 0.3 is 0 Å². The third kappa shape index (κ3) is 5.78. The van der Waals surface area contributed by atoms with Crippen LogP contribution in [0.1, 0.15) is 5.56 Å². The molecule has 1 heterocycles. The molecule has 1 fully saturated rings. The van der Waals surface area contributed by atoms with Gasteiger partial charge in [0, 0.05) is 26.2 Å². The number of aryl methyl sites for hydroxylation is 1. The maximum absolute atomic E-state index is 13.5. The molecule has 3 aromatic carbocycles. The van der Waals surface area contributed by atoms with E-state index in [4.69, 9.17) is 23.2 Å². The maximum Gasteiger partial charge on any atom is 0.264 e. The molecule has 4 rings (SSSR count). The summed E-state index contributed by atoms with van der Waals surface area (Å²) in [5.74, 6) is -0.483. The summed E-state index contributed by atoms with van der Waals surface area (Å²) < 4.78 is 55.4. The van der Waals surface area contributed by atoms with Crippen molar-refractivity contribution in [2.45, 2.75) is 16.7 Å². The molecule has 0 radical (unpaired) electrons. The molecule has 0 aliphatic carbocycles. The average molecular weight is 583 g/mol. The smallest absolute Gasteiger partial charge is 0.264 e. The Bertz CT molecular complexity index is 1490. The van der Waals surface area contributed by atoms with E-state index < -0.39 is 32.5 Å². The van der Waals surface area contributed by atoms with Gasteiger partial charge in [-0.25, -0.2) is 16.8 Å². The molecule has 0 atom stereocenters. The van der Waals surface area contributed by atoms with Gasteiger partial charge in [-0.2, -0.15) is 4.31 Å². The molecular formula is C25H25Cl2N3O5S2. The minimum atomic E-state index is -4.16. The Morgan fingerprint density at radius 1 is 0.811 bits per heavy atom. The van der Waals surface area contributed by atoms with E-state index in [0.717, 1.165) is 9.87 Å². The van der Waals surface area contributed by atoms with Crippen molar-refractivity contribution in [1.29, 1.82) is 0 Å². The summed E-state index contributed by atoms with van der Waals surface area (Å²) in [5.41, 5.74) is 1.02. The van der Waals surface area contributed by atoms with E-state index in [2.05, 4.69) is 0 Å². The van der Waals surface area contributed by atoms with Crippen molar-refractivity contribution in [3.63, 3.8) is 0 Å². The highest BCUT2D eigenvalue weighted by Crippen LogP contribution is 2.35. The number of sulfonamides is 2. The first-order valence-corrected chi connectivity index (χ1v) is 15.0. The second-order valence-corrected chi connectivity index (χ2v) is 13.1. The molecule has 0 unspecified atom stereocenters. The molecule has 12 heteroatoms. The van der Waals surface area contributed by atoms with E-state index in [1.54, 1.807) is 48.5 Å². The van der Waals surface area contributed by atoms with Crippen LogP contribution in [0.25, 0.3) is 0 Å². The topological polar surface area (TPSA) is 95.1 Å². The summed E-state index contributed by atoms with van der Waals surface area (Å²) in [6, 6.07) is 18.9. The highest BCUT2D eigenvalue weighted by atomic mass is 35.5. The van der Waals surface area contributed by atoms with Crippen molar-refractivity contribution in [2.75, 3.05) is 37.0 Å². The van der Waals surface area contributed by atoms with Gasteiger partial charge in [0.1, 0.15) is 6.54 Å². The molecule has 0 bridgehead atoms.